The molecule has 1 aliphatic rings. The largest absolute Gasteiger partial charge is 0.367 e. The van der Waals surface area contributed by atoms with E-state index < -0.39 is 0 Å². The topological polar surface area (TPSA) is 41.0 Å². The number of anilines is 1. The molecule has 5 heteroatoms. The van der Waals surface area contributed by atoms with Gasteiger partial charge in [0.2, 0.25) is 0 Å². The quantitative estimate of drug-likeness (QED) is 0.892. The Morgan fingerprint density at radius 1 is 1.39 bits per heavy atom. The molecule has 4 nitrogen and oxygen atoms in total. The van der Waals surface area contributed by atoms with E-state index in [2.05, 4.69) is 27.2 Å². The number of rotatable bonds is 5. The molecule has 1 saturated carbocycles. The molecule has 0 saturated heterocycles. The maximum Gasteiger partial charge on any atom is 0.148 e. The van der Waals surface area contributed by atoms with Crippen LogP contribution in [0.25, 0.3) is 0 Å². The molecule has 0 radical (unpaired) electrons. The zero-order valence-corrected chi connectivity index (χ0v) is 11.7. The summed E-state index contributed by atoms with van der Waals surface area (Å²) in [5, 5.41) is 3.84. The molecule has 0 bridgehead atoms. The lowest BCUT2D eigenvalue weighted by molar-refractivity contribution is 0.198. The first-order valence-electron chi connectivity index (χ1n) is 6.67. The number of hydrogen-bond acceptors (Lipinski definition) is 4. The summed E-state index contributed by atoms with van der Waals surface area (Å²) in [6.45, 7) is 1.88. The van der Waals surface area contributed by atoms with Gasteiger partial charge in [0, 0.05) is 19.1 Å². The molecule has 0 aliphatic heterocycles. The fourth-order valence-corrected chi connectivity index (χ4v) is 2.67. The summed E-state index contributed by atoms with van der Waals surface area (Å²) < 4.78 is 0. The maximum absolute atomic E-state index is 5.99. The van der Waals surface area contributed by atoms with Crippen molar-refractivity contribution >= 4 is 17.4 Å². The second kappa shape index (κ2) is 6.90. The monoisotopic (exact) mass is 268 g/mol. The molecule has 0 atom stereocenters. The minimum absolute atomic E-state index is 0.581. The third-order valence-electron chi connectivity index (χ3n) is 3.62. The lowest BCUT2D eigenvalue weighted by atomic mass is 9.94. The van der Waals surface area contributed by atoms with Crippen LogP contribution in [0.1, 0.15) is 32.1 Å². The van der Waals surface area contributed by atoms with Crippen LogP contribution in [0.3, 0.4) is 0 Å². The molecule has 0 unspecified atom stereocenters. The Hall–Kier alpha value is -0.870. The molecule has 0 amide bonds. The smallest absolute Gasteiger partial charge is 0.148 e. The average Bonchev–Trinajstić information content (AvgIpc) is 2.42. The average molecular weight is 269 g/mol. The molecule has 0 aromatic carbocycles. The van der Waals surface area contributed by atoms with Crippen molar-refractivity contribution in [2.45, 2.75) is 38.1 Å². The highest BCUT2D eigenvalue weighted by atomic mass is 35.5. The summed E-state index contributed by atoms with van der Waals surface area (Å²) in [7, 11) is 2.21. The van der Waals surface area contributed by atoms with Gasteiger partial charge in [0.05, 0.1) is 6.20 Å². The molecule has 1 aromatic rings. The molecule has 1 N–H and O–H groups in total. The van der Waals surface area contributed by atoms with E-state index in [-0.39, 0.29) is 0 Å². The van der Waals surface area contributed by atoms with Crippen molar-refractivity contribution in [1.29, 1.82) is 0 Å². The van der Waals surface area contributed by atoms with Crippen LogP contribution in [0.5, 0.6) is 0 Å². The predicted octanol–water partition coefficient (Wildman–Crippen LogP) is 2.81. The normalized spacial score (nSPS) is 17.1. The van der Waals surface area contributed by atoms with E-state index in [9.17, 15) is 0 Å². The highest BCUT2D eigenvalue weighted by Gasteiger charge is 2.17. The van der Waals surface area contributed by atoms with E-state index in [4.69, 9.17) is 11.6 Å². The Morgan fingerprint density at radius 3 is 2.89 bits per heavy atom. The Labute approximate surface area is 114 Å². The number of hydrogen-bond donors (Lipinski definition) is 1. The van der Waals surface area contributed by atoms with E-state index in [0.29, 0.717) is 5.02 Å². The van der Waals surface area contributed by atoms with E-state index in [0.717, 1.165) is 24.9 Å². The Bertz CT molecular complexity index is 366. The SMILES string of the molecule is CN(CCNc1ncncc1Cl)C1CCCCC1. The molecule has 100 valence electrons. The Balaban J connectivity index is 1.73. The molecule has 18 heavy (non-hydrogen) atoms. The van der Waals surface area contributed by atoms with Crippen LogP contribution >= 0.6 is 11.6 Å². The van der Waals surface area contributed by atoms with Crippen LogP contribution < -0.4 is 5.32 Å². The molecule has 1 aromatic heterocycles. The van der Waals surface area contributed by atoms with Crippen molar-refractivity contribution in [3.63, 3.8) is 0 Å². The van der Waals surface area contributed by atoms with Gasteiger partial charge in [0.15, 0.2) is 0 Å². The van der Waals surface area contributed by atoms with Crippen LogP contribution in [-0.2, 0) is 0 Å². The predicted molar refractivity (Wildman–Crippen MR) is 75.0 cm³/mol. The second-order valence-corrected chi connectivity index (χ2v) is 5.33. The van der Waals surface area contributed by atoms with Gasteiger partial charge in [-0.1, -0.05) is 30.9 Å². The zero-order valence-electron chi connectivity index (χ0n) is 10.9. The molecule has 1 fully saturated rings. The highest BCUT2D eigenvalue weighted by Crippen LogP contribution is 2.21. The molecular weight excluding hydrogens is 248 g/mol. The van der Waals surface area contributed by atoms with Gasteiger partial charge >= 0.3 is 0 Å². The van der Waals surface area contributed by atoms with Gasteiger partial charge in [-0.3, -0.25) is 0 Å². The molecule has 1 aliphatic carbocycles. The third kappa shape index (κ3) is 3.82. The zero-order chi connectivity index (χ0) is 12.8. The van der Waals surface area contributed by atoms with Gasteiger partial charge in [-0.2, -0.15) is 0 Å². The molecular formula is C13H21ClN4. The van der Waals surface area contributed by atoms with Gasteiger partial charge in [0.25, 0.3) is 0 Å². The van der Waals surface area contributed by atoms with Crippen molar-refractivity contribution < 1.29 is 0 Å². The second-order valence-electron chi connectivity index (χ2n) is 4.92. The third-order valence-corrected chi connectivity index (χ3v) is 3.90. The summed E-state index contributed by atoms with van der Waals surface area (Å²) >= 11 is 5.99. The van der Waals surface area contributed by atoms with Gasteiger partial charge in [-0.25, -0.2) is 9.97 Å². The van der Waals surface area contributed by atoms with Crippen LogP contribution in [-0.4, -0.2) is 41.0 Å². The van der Waals surface area contributed by atoms with Gasteiger partial charge in [0.1, 0.15) is 17.2 Å². The molecule has 2 rings (SSSR count). The number of nitrogens with zero attached hydrogens (tertiary/aromatic N) is 3. The highest BCUT2D eigenvalue weighted by molar-refractivity contribution is 6.32. The van der Waals surface area contributed by atoms with Crippen molar-refractivity contribution in [2.75, 3.05) is 25.5 Å². The van der Waals surface area contributed by atoms with Crippen molar-refractivity contribution in [2.24, 2.45) is 0 Å². The fraction of sp³-hybridized carbons (Fsp3) is 0.692. The standard InChI is InChI=1S/C13H21ClN4/c1-18(11-5-3-2-4-6-11)8-7-16-13-12(14)9-15-10-17-13/h9-11H,2-8H2,1H3,(H,15,16,17). The minimum atomic E-state index is 0.581. The van der Waals surface area contributed by atoms with Crippen molar-refractivity contribution in [1.82, 2.24) is 14.9 Å². The number of likely N-dealkylation sites (N-methyl/N-ethyl adjacent to an activating group) is 1. The van der Waals surface area contributed by atoms with Crippen LogP contribution in [0, 0.1) is 0 Å². The fourth-order valence-electron chi connectivity index (χ4n) is 2.50. The van der Waals surface area contributed by atoms with Gasteiger partial charge in [-0.05, 0) is 19.9 Å². The number of nitrogens with one attached hydrogen (secondary N) is 1. The van der Waals surface area contributed by atoms with Crippen molar-refractivity contribution in [3.8, 4) is 0 Å². The van der Waals surface area contributed by atoms with Crippen LogP contribution in [0.2, 0.25) is 5.02 Å². The van der Waals surface area contributed by atoms with E-state index >= 15 is 0 Å². The first-order valence-corrected chi connectivity index (χ1v) is 7.05. The lowest BCUT2D eigenvalue weighted by Gasteiger charge is -2.31. The van der Waals surface area contributed by atoms with Crippen LogP contribution in [0.4, 0.5) is 5.82 Å². The molecule has 0 spiro atoms. The summed E-state index contributed by atoms with van der Waals surface area (Å²) in [4.78, 5) is 10.4. The van der Waals surface area contributed by atoms with Gasteiger partial charge < -0.3 is 10.2 Å². The van der Waals surface area contributed by atoms with Crippen molar-refractivity contribution in [3.05, 3.63) is 17.5 Å². The summed E-state index contributed by atoms with van der Waals surface area (Å²) in [5.41, 5.74) is 0. The van der Waals surface area contributed by atoms with Crippen LogP contribution in [0.15, 0.2) is 12.5 Å². The van der Waals surface area contributed by atoms with E-state index in [1.165, 1.54) is 38.4 Å². The van der Waals surface area contributed by atoms with Gasteiger partial charge in [-0.15, -0.1) is 0 Å². The maximum atomic E-state index is 5.99. The summed E-state index contributed by atoms with van der Waals surface area (Å²) in [6, 6.07) is 0.751. The van der Waals surface area contributed by atoms with E-state index in [1.54, 1.807) is 6.20 Å². The number of aromatic nitrogens is 2. The van der Waals surface area contributed by atoms with E-state index in [1.807, 2.05) is 0 Å². The Morgan fingerprint density at radius 2 is 2.17 bits per heavy atom. The first-order chi connectivity index (χ1) is 8.77. The number of halogens is 1. The lowest BCUT2D eigenvalue weighted by Crippen LogP contribution is -2.36. The summed E-state index contributed by atoms with van der Waals surface area (Å²) in [5.74, 6) is 0.726. The molecule has 1 heterocycles. The minimum Gasteiger partial charge on any atom is -0.367 e. The first kappa shape index (κ1) is 13.6. The summed E-state index contributed by atoms with van der Waals surface area (Å²) in [6.07, 6.45) is 9.95. The Kier molecular flexibility index (Phi) is 5.20.